The van der Waals surface area contributed by atoms with Crippen LogP contribution in [0.25, 0.3) is 0 Å². The average Bonchev–Trinajstić information content (AvgIpc) is 1.85. The Morgan fingerprint density at radius 1 is 1.36 bits per heavy atom. The van der Waals surface area contributed by atoms with E-state index in [9.17, 15) is 9.59 Å². The van der Waals surface area contributed by atoms with Gasteiger partial charge in [0, 0.05) is 0 Å². The molecule has 0 saturated carbocycles. The second-order valence-electron chi connectivity index (χ2n) is 2.56. The SMILES string of the molecule is CCCN1CC(=O)OC(=O)C1. The van der Waals surface area contributed by atoms with E-state index >= 15 is 0 Å². The maximum atomic E-state index is 10.7. The molecule has 0 atom stereocenters. The number of hydrogen-bond donors (Lipinski definition) is 0. The molecule has 11 heavy (non-hydrogen) atoms. The van der Waals surface area contributed by atoms with E-state index in [4.69, 9.17) is 0 Å². The first-order valence-corrected chi connectivity index (χ1v) is 3.68. The average molecular weight is 157 g/mol. The molecule has 1 aliphatic rings. The molecule has 0 aliphatic carbocycles. The van der Waals surface area contributed by atoms with Gasteiger partial charge in [-0.3, -0.25) is 14.5 Å². The van der Waals surface area contributed by atoms with Crippen molar-refractivity contribution in [1.29, 1.82) is 0 Å². The highest BCUT2D eigenvalue weighted by Gasteiger charge is 2.23. The molecule has 1 fully saturated rings. The van der Waals surface area contributed by atoms with Gasteiger partial charge in [-0.1, -0.05) is 6.92 Å². The summed E-state index contributed by atoms with van der Waals surface area (Å²) in [5.41, 5.74) is 0. The van der Waals surface area contributed by atoms with Crippen LogP contribution in [0.2, 0.25) is 0 Å². The molecule has 1 aliphatic heterocycles. The van der Waals surface area contributed by atoms with E-state index in [1.807, 2.05) is 6.92 Å². The van der Waals surface area contributed by atoms with Crippen molar-refractivity contribution in [2.45, 2.75) is 13.3 Å². The summed E-state index contributed by atoms with van der Waals surface area (Å²) in [6.07, 6.45) is 0.945. The number of rotatable bonds is 2. The van der Waals surface area contributed by atoms with Crippen molar-refractivity contribution >= 4 is 11.9 Å². The quantitative estimate of drug-likeness (QED) is 0.410. The number of esters is 2. The van der Waals surface area contributed by atoms with Crippen LogP contribution in [0.15, 0.2) is 0 Å². The van der Waals surface area contributed by atoms with Gasteiger partial charge in [-0.25, -0.2) is 0 Å². The first-order valence-electron chi connectivity index (χ1n) is 3.68. The highest BCUT2D eigenvalue weighted by atomic mass is 16.6. The first kappa shape index (κ1) is 8.20. The summed E-state index contributed by atoms with van der Waals surface area (Å²) < 4.78 is 4.34. The molecule has 0 radical (unpaired) electrons. The van der Waals surface area contributed by atoms with Crippen LogP contribution in [-0.2, 0) is 14.3 Å². The van der Waals surface area contributed by atoms with E-state index in [0.717, 1.165) is 13.0 Å². The molecule has 0 aromatic rings. The third-order valence-corrected chi connectivity index (χ3v) is 1.47. The summed E-state index contributed by atoms with van der Waals surface area (Å²) in [4.78, 5) is 23.1. The largest absolute Gasteiger partial charge is 0.391 e. The van der Waals surface area contributed by atoms with Crippen LogP contribution in [0.3, 0.4) is 0 Å². The molecular weight excluding hydrogens is 146 g/mol. The van der Waals surface area contributed by atoms with Gasteiger partial charge < -0.3 is 4.74 Å². The predicted octanol–water partition coefficient (Wildman–Crippen LogP) is -0.218. The second-order valence-corrected chi connectivity index (χ2v) is 2.56. The smallest absolute Gasteiger partial charge is 0.327 e. The maximum Gasteiger partial charge on any atom is 0.327 e. The summed E-state index contributed by atoms with van der Waals surface area (Å²) in [7, 11) is 0. The van der Waals surface area contributed by atoms with Crippen molar-refractivity contribution in [3.63, 3.8) is 0 Å². The van der Waals surface area contributed by atoms with Crippen molar-refractivity contribution in [1.82, 2.24) is 4.90 Å². The maximum absolute atomic E-state index is 10.7. The van der Waals surface area contributed by atoms with Gasteiger partial charge in [-0.2, -0.15) is 0 Å². The Balaban J connectivity index is 2.43. The molecule has 62 valence electrons. The molecule has 0 amide bonds. The van der Waals surface area contributed by atoms with Crippen LogP contribution in [0.5, 0.6) is 0 Å². The van der Waals surface area contributed by atoms with E-state index in [-0.39, 0.29) is 13.1 Å². The van der Waals surface area contributed by atoms with E-state index in [0.29, 0.717) is 0 Å². The highest BCUT2D eigenvalue weighted by molar-refractivity contribution is 5.90. The fourth-order valence-electron chi connectivity index (χ4n) is 1.09. The van der Waals surface area contributed by atoms with Gasteiger partial charge >= 0.3 is 11.9 Å². The van der Waals surface area contributed by atoms with Crippen LogP contribution in [-0.4, -0.2) is 36.5 Å². The van der Waals surface area contributed by atoms with Crippen molar-refractivity contribution in [3.05, 3.63) is 0 Å². The van der Waals surface area contributed by atoms with Gasteiger partial charge in [-0.15, -0.1) is 0 Å². The fraction of sp³-hybridized carbons (Fsp3) is 0.714. The zero-order valence-corrected chi connectivity index (χ0v) is 6.50. The molecule has 4 heteroatoms. The molecule has 0 bridgehead atoms. The van der Waals surface area contributed by atoms with Gasteiger partial charge in [0.1, 0.15) is 0 Å². The topological polar surface area (TPSA) is 46.6 Å². The molecule has 0 N–H and O–H groups in total. The lowest BCUT2D eigenvalue weighted by molar-refractivity contribution is -0.166. The minimum Gasteiger partial charge on any atom is -0.391 e. The van der Waals surface area contributed by atoms with Crippen LogP contribution < -0.4 is 0 Å². The van der Waals surface area contributed by atoms with Gasteiger partial charge in [0.2, 0.25) is 0 Å². The fourth-order valence-corrected chi connectivity index (χ4v) is 1.09. The van der Waals surface area contributed by atoms with Crippen LogP contribution in [0.4, 0.5) is 0 Å². The van der Waals surface area contributed by atoms with Crippen LogP contribution in [0, 0.1) is 0 Å². The Kier molecular flexibility index (Phi) is 2.59. The molecule has 1 heterocycles. The summed E-state index contributed by atoms with van der Waals surface area (Å²) in [6, 6.07) is 0. The van der Waals surface area contributed by atoms with Crippen LogP contribution in [0.1, 0.15) is 13.3 Å². The zero-order chi connectivity index (χ0) is 8.27. The lowest BCUT2D eigenvalue weighted by Gasteiger charge is -2.22. The van der Waals surface area contributed by atoms with Gasteiger partial charge in [-0.05, 0) is 13.0 Å². The minimum atomic E-state index is -0.435. The Morgan fingerprint density at radius 3 is 2.36 bits per heavy atom. The standard InChI is InChI=1S/C7H11NO3/c1-2-3-8-4-6(9)11-7(10)5-8/h2-5H2,1H3. The third-order valence-electron chi connectivity index (χ3n) is 1.47. The Labute approximate surface area is 65.1 Å². The summed E-state index contributed by atoms with van der Waals surface area (Å²) in [6.45, 7) is 3.28. The monoisotopic (exact) mass is 157 g/mol. The van der Waals surface area contributed by atoms with E-state index in [1.54, 1.807) is 4.90 Å². The number of morpholine rings is 1. The number of hydrogen-bond acceptors (Lipinski definition) is 4. The Morgan fingerprint density at radius 2 is 1.91 bits per heavy atom. The van der Waals surface area contributed by atoms with Crippen molar-refractivity contribution in [3.8, 4) is 0 Å². The molecule has 0 aromatic carbocycles. The lowest BCUT2D eigenvalue weighted by Crippen LogP contribution is -2.43. The van der Waals surface area contributed by atoms with Gasteiger partial charge in [0.15, 0.2) is 0 Å². The number of cyclic esters (lactones) is 2. The Bertz CT molecular complexity index is 163. The number of ether oxygens (including phenoxy) is 1. The predicted molar refractivity (Wildman–Crippen MR) is 37.8 cm³/mol. The Hall–Kier alpha value is -0.900. The second kappa shape index (κ2) is 3.48. The van der Waals surface area contributed by atoms with Crippen molar-refractivity contribution in [2.75, 3.05) is 19.6 Å². The lowest BCUT2D eigenvalue weighted by atomic mass is 10.3. The molecule has 0 unspecified atom stereocenters. The normalized spacial score (nSPS) is 20.1. The van der Waals surface area contributed by atoms with Crippen LogP contribution >= 0.6 is 0 Å². The minimum absolute atomic E-state index is 0.250. The molecule has 1 rings (SSSR count). The third kappa shape index (κ3) is 2.31. The first-order chi connectivity index (χ1) is 5.22. The molecule has 0 spiro atoms. The zero-order valence-electron chi connectivity index (χ0n) is 6.50. The molecule has 4 nitrogen and oxygen atoms in total. The number of nitrogens with zero attached hydrogens (tertiary/aromatic N) is 1. The van der Waals surface area contributed by atoms with E-state index in [1.165, 1.54) is 0 Å². The number of carbonyl (C=O) groups is 2. The number of carbonyl (C=O) groups excluding carboxylic acids is 2. The van der Waals surface area contributed by atoms with Crippen molar-refractivity contribution < 1.29 is 14.3 Å². The molecular formula is C7H11NO3. The van der Waals surface area contributed by atoms with E-state index in [2.05, 4.69) is 4.74 Å². The molecule has 1 saturated heterocycles. The summed E-state index contributed by atoms with van der Waals surface area (Å²) >= 11 is 0. The van der Waals surface area contributed by atoms with Crippen molar-refractivity contribution in [2.24, 2.45) is 0 Å². The van der Waals surface area contributed by atoms with Gasteiger partial charge in [0.05, 0.1) is 13.1 Å². The van der Waals surface area contributed by atoms with E-state index < -0.39 is 11.9 Å². The van der Waals surface area contributed by atoms with Gasteiger partial charge in [0.25, 0.3) is 0 Å². The molecule has 0 aromatic heterocycles. The summed E-state index contributed by atoms with van der Waals surface area (Å²) in [5.74, 6) is -0.871. The highest BCUT2D eigenvalue weighted by Crippen LogP contribution is 1.99. The summed E-state index contributed by atoms with van der Waals surface area (Å²) in [5, 5.41) is 0.